The average molecular weight is 452 g/mol. The summed E-state index contributed by atoms with van der Waals surface area (Å²) in [5, 5.41) is 5.37. The van der Waals surface area contributed by atoms with Gasteiger partial charge in [0.1, 0.15) is 0 Å². The van der Waals surface area contributed by atoms with E-state index in [2.05, 4.69) is 33.1 Å². The van der Waals surface area contributed by atoms with Gasteiger partial charge in [0, 0.05) is 55.0 Å². The van der Waals surface area contributed by atoms with Crippen molar-refractivity contribution in [2.75, 3.05) is 26.2 Å². The van der Waals surface area contributed by atoms with E-state index in [1.54, 1.807) is 15.3 Å². The Hall–Kier alpha value is -2.15. The van der Waals surface area contributed by atoms with Crippen molar-refractivity contribution in [1.29, 1.82) is 0 Å². The van der Waals surface area contributed by atoms with Gasteiger partial charge in [-0.15, -0.1) is 5.10 Å². The number of nitrogens with zero attached hydrogens (tertiary/aromatic N) is 5. The maximum atomic E-state index is 12.7. The van der Waals surface area contributed by atoms with Crippen molar-refractivity contribution in [1.82, 2.24) is 24.0 Å². The highest BCUT2D eigenvalue weighted by Crippen LogP contribution is 2.52. The van der Waals surface area contributed by atoms with Crippen LogP contribution < -0.4 is 5.69 Å². The number of halogens is 1. The predicted molar refractivity (Wildman–Crippen MR) is 126 cm³/mol. The SMILES string of the molecule is O=c1n(CCCC23CCC(c4cccc(Cl)c4)(CC2)N2CCN3CC2)nc2ccccn12. The van der Waals surface area contributed by atoms with Crippen LogP contribution in [0.15, 0.2) is 53.5 Å². The molecule has 4 bridgehead atoms. The van der Waals surface area contributed by atoms with Gasteiger partial charge in [0.2, 0.25) is 0 Å². The summed E-state index contributed by atoms with van der Waals surface area (Å²) >= 11 is 6.40. The summed E-state index contributed by atoms with van der Waals surface area (Å²) in [6.07, 6.45) is 8.67. The Morgan fingerprint density at radius 3 is 2.47 bits per heavy atom. The number of benzene rings is 1. The van der Waals surface area contributed by atoms with Gasteiger partial charge in [0.05, 0.1) is 0 Å². The zero-order valence-electron chi connectivity index (χ0n) is 18.4. The minimum atomic E-state index is -0.0343. The molecule has 0 amide bonds. The van der Waals surface area contributed by atoms with E-state index < -0.39 is 0 Å². The summed E-state index contributed by atoms with van der Waals surface area (Å²) in [6.45, 7) is 5.20. The Bertz CT molecular complexity index is 1180. The molecule has 1 saturated carbocycles. The molecule has 0 radical (unpaired) electrons. The molecule has 6 fully saturated rings. The molecule has 2 aromatic heterocycles. The fraction of sp³-hybridized carbons (Fsp3) is 0.520. The molecule has 5 saturated heterocycles. The smallest absolute Gasteiger partial charge is 0.295 e. The Kier molecular flexibility index (Phi) is 4.93. The molecule has 3 aromatic rings. The van der Waals surface area contributed by atoms with Crippen LogP contribution in [0.4, 0.5) is 0 Å². The lowest BCUT2D eigenvalue weighted by molar-refractivity contribution is -0.110. The molecule has 0 atom stereocenters. The van der Waals surface area contributed by atoms with E-state index in [1.165, 1.54) is 31.2 Å². The number of hydrogen-bond acceptors (Lipinski definition) is 4. The standard InChI is InChI=1S/C25H30ClN5O/c26-21-6-3-5-20(19-21)25-11-9-24(10-12-25,28-15-17-29(25)18-16-28)8-4-14-31-23(32)30-13-2-1-7-22(30)27-31/h1-3,5-7,13,19H,4,8-12,14-18H2. The zero-order valence-corrected chi connectivity index (χ0v) is 19.2. The first-order valence-corrected chi connectivity index (χ1v) is 12.3. The highest BCUT2D eigenvalue weighted by atomic mass is 35.5. The molecule has 9 rings (SSSR count). The monoisotopic (exact) mass is 451 g/mol. The molecular formula is C25H30ClN5O. The highest BCUT2D eigenvalue weighted by molar-refractivity contribution is 6.30. The molecule has 1 aromatic carbocycles. The molecule has 6 nitrogen and oxygen atoms in total. The molecular weight excluding hydrogens is 422 g/mol. The number of rotatable bonds is 5. The molecule has 5 aliphatic heterocycles. The van der Waals surface area contributed by atoms with Crippen LogP contribution in [0.25, 0.3) is 5.65 Å². The number of aryl methyl sites for hydroxylation is 1. The normalized spacial score (nSPS) is 31.7. The van der Waals surface area contributed by atoms with E-state index in [1.807, 2.05) is 24.3 Å². The molecule has 168 valence electrons. The van der Waals surface area contributed by atoms with Crippen molar-refractivity contribution in [2.45, 2.75) is 56.1 Å². The topological polar surface area (TPSA) is 45.8 Å². The minimum Gasteiger partial charge on any atom is -0.295 e. The second kappa shape index (κ2) is 7.72. The maximum absolute atomic E-state index is 12.7. The van der Waals surface area contributed by atoms with Gasteiger partial charge in [0.15, 0.2) is 5.65 Å². The predicted octanol–water partition coefficient (Wildman–Crippen LogP) is 3.77. The van der Waals surface area contributed by atoms with Crippen LogP contribution in [0.5, 0.6) is 0 Å². The quantitative estimate of drug-likeness (QED) is 0.592. The van der Waals surface area contributed by atoms with Crippen molar-refractivity contribution < 1.29 is 0 Å². The summed E-state index contributed by atoms with van der Waals surface area (Å²) in [5.74, 6) is 0. The van der Waals surface area contributed by atoms with Crippen LogP contribution >= 0.6 is 11.6 Å². The number of piperazine rings is 1. The van der Waals surface area contributed by atoms with E-state index in [9.17, 15) is 4.79 Å². The van der Waals surface area contributed by atoms with Crippen molar-refractivity contribution >= 4 is 17.2 Å². The first-order valence-electron chi connectivity index (χ1n) is 11.9. The molecule has 7 heteroatoms. The third-order valence-electron chi connectivity index (χ3n) is 8.43. The van der Waals surface area contributed by atoms with E-state index >= 15 is 0 Å². The Balaban J connectivity index is 1.23. The molecule has 7 heterocycles. The first kappa shape index (κ1) is 20.5. The summed E-state index contributed by atoms with van der Waals surface area (Å²) in [6, 6.07) is 14.3. The second-order valence-corrected chi connectivity index (χ2v) is 10.2. The third-order valence-corrected chi connectivity index (χ3v) is 8.66. The van der Waals surface area contributed by atoms with Crippen LogP contribution in [0.2, 0.25) is 5.02 Å². The van der Waals surface area contributed by atoms with Crippen molar-refractivity contribution in [3.8, 4) is 0 Å². The van der Waals surface area contributed by atoms with E-state index in [-0.39, 0.29) is 16.8 Å². The fourth-order valence-corrected chi connectivity index (χ4v) is 6.89. The fourth-order valence-electron chi connectivity index (χ4n) is 6.70. The number of aromatic nitrogens is 3. The van der Waals surface area contributed by atoms with E-state index in [0.717, 1.165) is 49.7 Å². The van der Waals surface area contributed by atoms with Crippen molar-refractivity contribution in [3.05, 3.63) is 69.7 Å². The van der Waals surface area contributed by atoms with Crippen molar-refractivity contribution in [3.63, 3.8) is 0 Å². The third kappa shape index (κ3) is 3.15. The largest absolute Gasteiger partial charge is 0.350 e. The van der Waals surface area contributed by atoms with Gasteiger partial charge in [0.25, 0.3) is 0 Å². The van der Waals surface area contributed by atoms with Gasteiger partial charge in [-0.1, -0.05) is 29.8 Å². The van der Waals surface area contributed by atoms with Gasteiger partial charge < -0.3 is 0 Å². The molecule has 0 unspecified atom stereocenters. The van der Waals surface area contributed by atoms with Crippen LogP contribution in [0.1, 0.15) is 44.1 Å². The number of fused-ring (bicyclic) bond motifs is 1. The number of pyridine rings is 1. The molecule has 32 heavy (non-hydrogen) atoms. The van der Waals surface area contributed by atoms with E-state index in [4.69, 9.17) is 11.6 Å². The summed E-state index contributed by atoms with van der Waals surface area (Å²) < 4.78 is 3.28. The Morgan fingerprint density at radius 1 is 0.938 bits per heavy atom. The summed E-state index contributed by atoms with van der Waals surface area (Å²) in [5.41, 5.74) is 2.46. The van der Waals surface area contributed by atoms with Crippen LogP contribution in [0, 0.1) is 0 Å². The second-order valence-electron chi connectivity index (χ2n) is 9.78. The van der Waals surface area contributed by atoms with Gasteiger partial charge >= 0.3 is 5.69 Å². The zero-order chi connectivity index (χ0) is 21.8. The minimum absolute atomic E-state index is 0.0343. The maximum Gasteiger partial charge on any atom is 0.350 e. The molecule has 0 spiro atoms. The van der Waals surface area contributed by atoms with Crippen LogP contribution in [-0.4, -0.2) is 55.7 Å². The molecule has 0 N–H and O–H groups in total. The van der Waals surface area contributed by atoms with Gasteiger partial charge in [-0.25, -0.2) is 9.48 Å². The first-order chi connectivity index (χ1) is 15.6. The van der Waals surface area contributed by atoms with Crippen LogP contribution in [0.3, 0.4) is 0 Å². The average Bonchev–Trinajstić information content (AvgIpc) is 3.13. The lowest BCUT2D eigenvalue weighted by atomic mass is 9.64. The van der Waals surface area contributed by atoms with Gasteiger partial charge in [-0.2, -0.15) is 0 Å². The summed E-state index contributed by atoms with van der Waals surface area (Å²) in [7, 11) is 0. The Labute approximate surface area is 193 Å². The van der Waals surface area contributed by atoms with Crippen molar-refractivity contribution in [2.24, 2.45) is 0 Å². The summed E-state index contributed by atoms with van der Waals surface area (Å²) in [4.78, 5) is 18.1. The highest BCUT2D eigenvalue weighted by Gasteiger charge is 2.53. The lowest BCUT2D eigenvalue weighted by Crippen LogP contribution is -2.68. The number of hydrogen-bond donors (Lipinski definition) is 0. The lowest BCUT2D eigenvalue weighted by Gasteiger charge is -2.62. The molecule has 6 aliphatic rings. The molecule has 1 aliphatic carbocycles. The van der Waals surface area contributed by atoms with Gasteiger partial charge in [-0.05, 0) is 68.4 Å². The Morgan fingerprint density at radius 2 is 1.72 bits per heavy atom. The van der Waals surface area contributed by atoms with Crippen LogP contribution in [-0.2, 0) is 12.1 Å². The van der Waals surface area contributed by atoms with E-state index in [0.29, 0.717) is 6.54 Å². The van der Waals surface area contributed by atoms with Gasteiger partial charge in [-0.3, -0.25) is 14.2 Å².